The highest BCUT2D eigenvalue weighted by atomic mass is 35.5. The quantitative estimate of drug-likeness (QED) is 0.644. The molecule has 0 heterocycles. The van der Waals surface area contributed by atoms with E-state index in [1.54, 1.807) is 6.92 Å². The second-order valence-corrected chi connectivity index (χ2v) is 3.18. The van der Waals surface area contributed by atoms with Crippen LogP contribution in [0.4, 0.5) is 0 Å². The predicted molar refractivity (Wildman–Crippen MR) is 50.9 cm³/mol. The average molecular weight is 210 g/mol. The smallest absolute Gasteiger partial charge is 0.325 e. The number of aliphatic hydroxyl groups is 1. The highest BCUT2D eigenvalue weighted by Crippen LogP contribution is 2.20. The van der Waals surface area contributed by atoms with Crippen molar-refractivity contribution in [1.82, 2.24) is 5.32 Å². The Morgan fingerprint density at radius 2 is 2.15 bits per heavy atom. The van der Waals surface area contributed by atoms with Crippen LogP contribution < -0.4 is 5.32 Å². The Balaban J connectivity index is 0.00000144. The van der Waals surface area contributed by atoms with E-state index in [2.05, 4.69) is 10.1 Å². The average Bonchev–Trinajstić information content (AvgIpc) is 2.81. The summed E-state index contributed by atoms with van der Waals surface area (Å²) in [5.74, 6) is -0.392. The summed E-state index contributed by atoms with van der Waals surface area (Å²) in [5, 5.41) is 12.2. The molecule has 0 amide bonds. The van der Waals surface area contributed by atoms with Crippen molar-refractivity contribution in [3.05, 3.63) is 0 Å². The number of nitrogens with one attached hydrogen (secondary N) is 1. The third-order valence-corrected chi connectivity index (χ3v) is 1.93. The highest BCUT2D eigenvalue weighted by molar-refractivity contribution is 5.85. The van der Waals surface area contributed by atoms with Crippen LogP contribution in [0.1, 0.15) is 19.8 Å². The lowest BCUT2D eigenvalue weighted by Crippen LogP contribution is -2.46. The molecule has 5 heteroatoms. The van der Waals surface area contributed by atoms with Gasteiger partial charge in [0.1, 0.15) is 6.04 Å². The van der Waals surface area contributed by atoms with Gasteiger partial charge < -0.3 is 9.84 Å². The van der Waals surface area contributed by atoms with Crippen LogP contribution in [0.15, 0.2) is 0 Å². The van der Waals surface area contributed by atoms with Crippen molar-refractivity contribution >= 4 is 18.4 Å². The fourth-order valence-electron chi connectivity index (χ4n) is 1.04. The fraction of sp³-hybridized carbons (Fsp3) is 0.875. The Kier molecular flexibility index (Phi) is 5.29. The fourth-order valence-corrected chi connectivity index (χ4v) is 1.04. The molecule has 0 bridgehead atoms. The van der Waals surface area contributed by atoms with Crippen molar-refractivity contribution in [2.24, 2.45) is 0 Å². The number of methoxy groups -OCH3 is 1. The minimum atomic E-state index is -0.696. The van der Waals surface area contributed by atoms with Crippen LogP contribution >= 0.6 is 12.4 Å². The Bertz CT molecular complexity index is 171. The molecule has 0 spiro atoms. The van der Waals surface area contributed by atoms with E-state index >= 15 is 0 Å². The standard InChI is InChI=1S/C8H15NO3.ClH/c1-5(10)7(8(11)12-2)9-6-3-4-6;/h5-7,9-10H,3-4H2,1-2H3;1H/t5-,7+;/m1./s1. The van der Waals surface area contributed by atoms with Gasteiger partial charge in [-0.2, -0.15) is 0 Å². The maximum absolute atomic E-state index is 11.1. The van der Waals surface area contributed by atoms with E-state index < -0.39 is 18.1 Å². The summed E-state index contributed by atoms with van der Waals surface area (Å²) in [4.78, 5) is 11.1. The molecule has 0 saturated heterocycles. The van der Waals surface area contributed by atoms with Crippen molar-refractivity contribution in [2.75, 3.05) is 7.11 Å². The molecule has 13 heavy (non-hydrogen) atoms. The van der Waals surface area contributed by atoms with E-state index in [1.807, 2.05) is 0 Å². The molecular weight excluding hydrogens is 194 g/mol. The molecule has 4 nitrogen and oxygen atoms in total. The van der Waals surface area contributed by atoms with Crippen molar-refractivity contribution in [3.63, 3.8) is 0 Å². The molecule has 1 aliphatic carbocycles. The molecule has 0 radical (unpaired) electrons. The highest BCUT2D eigenvalue weighted by Gasteiger charge is 2.31. The Morgan fingerprint density at radius 1 is 1.62 bits per heavy atom. The monoisotopic (exact) mass is 209 g/mol. The van der Waals surface area contributed by atoms with Gasteiger partial charge in [0.25, 0.3) is 0 Å². The summed E-state index contributed by atoms with van der Waals surface area (Å²) < 4.78 is 4.54. The van der Waals surface area contributed by atoms with Crippen molar-refractivity contribution in [3.8, 4) is 0 Å². The van der Waals surface area contributed by atoms with Crippen molar-refractivity contribution in [1.29, 1.82) is 0 Å². The van der Waals surface area contributed by atoms with Gasteiger partial charge in [-0.15, -0.1) is 12.4 Å². The van der Waals surface area contributed by atoms with Crippen molar-refractivity contribution < 1.29 is 14.6 Å². The van der Waals surface area contributed by atoms with E-state index in [-0.39, 0.29) is 12.4 Å². The van der Waals surface area contributed by atoms with Gasteiger partial charge in [0.2, 0.25) is 0 Å². The topological polar surface area (TPSA) is 58.6 Å². The number of hydrogen-bond acceptors (Lipinski definition) is 4. The van der Waals surface area contributed by atoms with Gasteiger partial charge in [-0.25, -0.2) is 0 Å². The molecule has 2 N–H and O–H groups in total. The maximum atomic E-state index is 11.1. The third kappa shape index (κ3) is 3.93. The minimum Gasteiger partial charge on any atom is -0.468 e. The van der Waals surface area contributed by atoms with Gasteiger partial charge in [-0.05, 0) is 19.8 Å². The van der Waals surface area contributed by atoms with E-state index in [0.717, 1.165) is 12.8 Å². The van der Waals surface area contributed by atoms with Gasteiger partial charge in [0, 0.05) is 6.04 Å². The lowest BCUT2D eigenvalue weighted by molar-refractivity contribution is -0.145. The molecule has 2 atom stereocenters. The van der Waals surface area contributed by atoms with Gasteiger partial charge in [-0.3, -0.25) is 10.1 Å². The second-order valence-electron chi connectivity index (χ2n) is 3.18. The summed E-state index contributed by atoms with van der Waals surface area (Å²) >= 11 is 0. The first-order valence-electron chi connectivity index (χ1n) is 4.17. The molecule has 0 aromatic carbocycles. The number of rotatable bonds is 4. The summed E-state index contributed by atoms with van der Waals surface area (Å²) in [6.07, 6.45) is 1.47. The van der Waals surface area contributed by atoms with Crippen molar-refractivity contribution in [2.45, 2.75) is 38.0 Å². The Hall–Kier alpha value is -0.320. The number of halogens is 1. The van der Waals surface area contributed by atoms with E-state index in [1.165, 1.54) is 7.11 Å². The number of esters is 1. The molecule has 1 saturated carbocycles. The lowest BCUT2D eigenvalue weighted by atomic mass is 10.2. The van der Waals surface area contributed by atoms with Gasteiger partial charge in [0.15, 0.2) is 0 Å². The zero-order valence-electron chi connectivity index (χ0n) is 7.82. The van der Waals surface area contributed by atoms with Crippen LogP contribution in [0.5, 0.6) is 0 Å². The molecule has 0 aromatic heterocycles. The van der Waals surface area contributed by atoms with E-state index in [0.29, 0.717) is 6.04 Å². The lowest BCUT2D eigenvalue weighted by Gasteiger charge is -2.18. The first kappa shape index (κ1) is 12.7. The normalized spacial score (nSPS) is 19.9. The molecule has 78 valence electrons. The summed E-state index contributed by atoms with van der Waals surface area (Å²) in [5.41, 5.74) is 0. The largest absolute Gasteiger partial charge is 0.468 e. The molecule has 1 fully saturated rings. The molecule has 0 unspecified atom stereocenters. The summed E-state index contributed by atoms with van der Waals surface area (Å²) in [6.45, 7) is 1.58. The SMILES string of the molecule is COC(=O)[C@@H](NC1CC1)[C@@H](C)O.Cl. The molecule has 0 aliphatic heterocycles. The van der Waals surface area contributed by atoms with Crippen LogP contribution in [0.2, 0.25) is 0 Å². The Labute approximate surface area is 84.1 Å². The van der Waals surface area contributed by atoms with Crippen LogP contribution in [0.3, 0.4) is 0 Å². The van der Waals surface area contributed by atoms with Gasteiger partial charge >= 0.3 is 5.97 Å². The molecule has 1 rings (SSSR count). The first-order valence-corrected chi connectivity index (χ1v) is 4.17. The number of aliphatic hydroxyl groups excluding tert-OH is 1. The first-order chi connectivity index (χ1) is 5.65. The molecular formula is C8H16ClNO3. The summed E-state index contributed by atoms with van der Waals surface area (Å²) in [7, 11) is 1.33. The molecule has 0 aromatic rings. The van der Waals surface area contributed by atoms with E-state index in [9.17, 15) is 9.90 Å². The second kappa shape index (κ2) is 5.42. The Morgan fingerprint density at radius 3 is 2.46 bits per heavy atom. The van der Waals surface area contributed by atoms with Crippen LogP contribution in [-0.2, 0) is 9.53 Å². The predicted octanol–water partition coefficient (Wildman–Crippen LogP) is 0.0826. The van der Waals surface area contributed by atoms with Crippen LogP contribution in [0.25, 0.3) is 0 Å². The van der Waals surface area contributed by atoms with Crippen LogP contribution in [-0.4, -0.2) is 36.4 Å². The number of hydrogen-bond donors (Lipinski definition) is 2. The third-order valence-electron chi connectivity index (χ3n) is 1.93. The number of ether oxygens (including phenoxy) is 1. The summed E-state index contributed by atoms with van der Waals surface area (Å²) in [6, 6.07) is -0.175. The minimum absolute atomic E-state index is 0. The zero-order valence-corrected chi connectivity index (χ0v) is 8.63. The molecule has 1 aliphatic rings. The van der Waals surface area contributed by atoms with Gasteiger partial charge in [-0.1, -0.05) is 0 Å². The number of carbonyl (C=O) groups excluding carboxylic acids is 1. The number of carbonyl (C=O) groups is 1. The maximum Gasteiger partial charge on any atom is 0.325 e. The van der Waals surface area contributed by atoms with E-state index in [4.69, 9.17) is 0 Å². The zero-order chi connectivity index (χ0) is 9.14. The van der Waals surface area contributed by atoms with Crippen LogP contribution in [0, 0.1) is 0 Å². The van der Waals surface area contributed by atoms with Gasteiger partial charge in [0.05, 0.1) is 13.2 Å².